The highest BCUT2D eigenvalue weighted by molar-refractivity contribution is 6.00. The minimum Gasteiger partial charge on any atom is -0.481 e. The smallest absolute Gasteiger partial charge is 0.309 e. The van der Waals surface area contributed by atoms with Crippen LogP contribution >= 0.6 is 0 Å². The maximum absolute atomic E-state index is 14.3. The third-order valence-electron chi connectivity index (χ3n) is 16.8. The molecule has 0 spiro atoms. The number of ether oxygens (including phenoxy) is 1. The van der Waals surface area contributed by atoms with Gasteiger partial charge in [0, 0.05) is 29.9 Å². The van der Waals surface area contributed by atoms with E-state index in [1.807, 2.05) is 23.7 Å². The van der Waals surface area contributed by atoms with Crippen LogP contribution in [0.4, 0.5) is 0 Å². The number of allylic oxidation sites excluding steroid dienone is 1. The highest BCUT2D eigenvalue weighted by Crippen LogP contribution is 2.77. The minimum atomic E-state index is -1.18. The highest BCUT2D eigenvalue weighted by Gasteiger charge is 2.71. The highest BCUT2D eigenvalue weighted by atomic mass is 16.5. The normalized spacial score (nSPS) is 35.5. The SMILES string of the molecule is CC(C)C1=C2[C@H]3CC[C@@H]4[C@@]5(C)CC[C@H](OC(=O)CC(C)(C)C(=O)O)C(C)(C)[C@@H]5CC[C@@]4(C)[C@]3(C)CC[C@@]2([C@H](O)c2nnc(-c3ccc(C#N)cc3)n2C)CC1=O. The number of aliphatic carboxylic acids is 1. The predicted molar refractivity (Wildman–Crippen MR) is 211 cm³/mol. The topological polar surface area (TPSA) is 155 Å². The number of carbonyl (C=O) groups is 3. The Labute approximate surface area is 332 Å². The van der Waals surface area contributed by atoms with E-state index < -0.39 is 28.9 Å². The molecular weight excluding hydrogens is 705 g/mol. The second kappa shape index (κ2) is 13.4. The van der Waals surface area contributed by atoms with E-state index in [0.717, 1.165) is 56.1 Å². The van der Waals surface area contributed by atoms with Crippen LogP contribution in [0, 0.1) is 67.5 Å². The molecule has 0 amide bonds. The van der Waals surface area contributed by atoms with Crippen molar-refractivity contribution in [2.24, 2.45) is 63.2 Å². The maximum atomic E-state index is 14.3. The predicted octanol–water partition coefficient (Wildman–Crippen LogP) is 8.78. The number of carboxylic acids is 1. The standard InChI is InChI=1S/C46H62N4O6/c1-26(2)35-30(51)23-46(37(53)39-49-48-38(50(39)10)28-13-11-27(25-47)12-14-28)22-21-44(8)29(36(35)46)15-16-32-43(7)19-18-33(56-34(52)24-41(3,4)40(54)55)42(5,6)31(43)17-20-45(32,44)9/h11-14,26,29,31-33,37,53H,15-24H2,1-10H3,(H,54,55)/t29-,31+,32-,33+,37-,43+,44-,45-,46-/m1/s1. The summed E-state index contributed by atoms with van der Waals surface area (Å²) in [5, 5.41) is 40.7. The van der Waals surface area contributed by atoms with Crippen LogP contribution < -0.4 is 0 Å². The van der Waals surface area contributed by atoms with E-state index in [4.69, 9.17) is 4.74 Å². The Kier molecular flexibility index (Phi) is 9.63. The van der Waals surface area contributed by atoms with Gasteiger partial charge in [-0.2, -0.15) is 5.26 Å². The zero-order valence-electron chi connectivity index (χ0n) is 35.2. The number of aliphatic hydroxyl groups excluding tert-OH is 1. The van der Waals surface area contributed by atoms with Gasteiger partial charge in [-0.05, 0) is 141 Å². The number of aliphatic hydroxyl groups is 1. The summed E-state index contributed by atoms with van der Waals surface area (Å²) in [6, 6.07) is 9.37. The van der Waals surface area contributed by atoms with Crippen LogP contribution in [-0.4, -0.2) is 48.8 Å². The summed E-state index contributed by atoms with van der Waals surface area (Å²) < 4.78 is 8.03. The zero-order valence-corrected chi connectivity index (χ0v) is 35.2. The second-order valence-electron chi connectivity index (χ2n) is 20.6. The summed E-state index contributed by atoms with van der Waals surface area (Å²) in [5.74, 6) is 0.711. The monoisotopic (exact) mass is 766 g/mol. The molecule has 302 valence electrons. The van der Waals surface area contributed by atoms with Gasteiger partial charge in [0.15, 0.2) is 17.4 Å². The number of nitrogens with zero attached hydrogens (tertiary/aromatic N) is 4. The third-order valence-corrected chi connectivity index (χ3v) is 16.8. The molecule has 5 aliphatic rings. The molecule has 1 heterocycles. The number of ketones is 1. The van der Waals surface area contributed by atoms with Gasteiger partial charge in [0.1, 0.15) is 12.2 Å². The molecule has 0 aliphatic heterocycles. The molecule has 4 saturated carbocycles. The largest absolute Gasteiger partial charge is 0.481 e. The maximum Gasteiger partial charge on any atom is 0.309 e. The van der Waals surface area contributed by atoms with Gasteiger partial charge in [-0.3, -0.25) is 14.4 Å². The van der Waals surface area contributed by atoms with Crippen molar-refractivity contribution in [2.45, 2.75) is 139 Å². The third kappa shape index (κ3) is 5.67. The number of carbonyl (C=O) groups excluding carboxylic acids is 2. The van der Waals surface area contributed by atoms with E-state index in [1.165, 1.54) is 5.57 Å². The number of nitriles is 1. The van der Waals surface area contributed by atoms with E-state index in [2.05, 4.69) is 64.7 Å². The van der Waals surface area contributed by atoms with Crippen molar-refractivity contribution >= 4 is 17.7 Å². The van der Waals surface area contributed by atoms with Crippen LogP contribution in [0.2, 0.25) is 0 Å². The lowest BCUT2D eigenvalue weighted by Crippen LogP contribution is -2.66. The van der Waals surface area contributed by atoms with Gasteiger partial charge in [0.2, 0.25) is 0 Å². The van der Waals surface area contributed by atoms with E-state index in [1.54, 1.807) is 26.0 Å². The molecule has 5 aliphatic carbocycles. The Bertz CT molecular complexity index is 2020. The first-order chi connectivity index (χ1) is 26.1. The summed E-state index contributed by atoms with van der Waals surface area (Å²) in [4.78, 5) is 39.2. The summed E-state index contributed by atoms with van der Waals surface area (Å²) in [6.07, 6.45) is 6.14. The molecule has 2 aromatic rings. The Morgan fingerprint density at radius 3 is 2.27 bits per heavy atom. The van der Waals surface area contributed by atoms with Gasteiger partial charge >= 0.3 is 11.9 Å². The molecule has 0 radical (unpaired) electrons. The first-order valence-electron chi connectivity index (χ1n) is 20.9. The summed E-state index contributed by atoms with van der Waals surface area (Å²) in [7, 11) is 1.87. The zero-order chi connectivity index (χ0) is 41.0. The van der Waals surface area contributed by atoms with Crippen molar-refractivity contribution in [1.29, 1.82) is 5.26 Å². The van der Waals surface area contributed by atoms with Gasteiger partial charge in [-0.15, -0.1) is 10.2 Å². The lowest BCUT2D eigenvalue weighted by atomic mass is 9.33. The lowest BCUT2D eigenvalue weighted by Gasteiger charge is -2.72. The fourth-order valence-corrected chi connectivity index (χ4v) is 13.6. The summed E-state index contributed by atoms with van der Waals surface area (Å²) in [6.45, 7) is 19.4. The van der Waals surface area contributed by atoms with Gasteiger partial charge in [0.25, 0.3) is 0 Å². The van der Waals surface area contributed by atoms with E-state index >= 15 is 0 Å². The van der Waals surface area contributed by atoms with Gasteiger partial charge in [0.05, 0.1) is 23.5 Å². The first kappa shape index (κ1) is 40.4. The van der Waals surface area contributed by atoms with Crippen LogP contribution in [-0.2, 0) is 26.2 Å². The van der Waals surface area contributed by atoms with Crippen LogP contribution in [0.5, 0.6) is 0 Å². The van der Waals surface area contributed by atoms with Crippen molar-refractivity contribution in [2.75, 3.05) is 0 Å². The number of carboxylic acid groups (broad SMARTS) is 1. The van der Waals surface area contributed by atoms with Crippen molar-refractivity contribution in [3.8, 4) is 17.5 Å². The number of rotatable bonds is 8. The first-order valence-corrected chi connectivity index (χ1v) is 20.9. The van der Waals surface area contributed by atoms with Crippen molar-refractivity contribution in [1.82, 2.24) is 14.8 Å². The Balaban J connectivity index is 1.20. The minimum absolute atomic E-state index is 0.0162. The summed E-state index contributed by atoms with van der Waals surface area (Å²) in [5.41, 5.74) is 1.13. The van der Waals surface area contributed by atoms with Crippen LogP contribution in [0.1, 0.15) is 144 Å². The fraction of sp³-hybridized carbons (Fsp3) is 0.696. The van der Waals surface area contributed by atoms with Crippen LogP contribution in [0.25, 0.3) is 11.4 Å². The number of hydrogen-bond donors (Lipinski definition) is 2. The molecular formula is C46H62N4O6. The number of hydrogen-bond acceptors (Lipinski definition) is 8. The average Bonchev–Trinajstić information content (AvgIpc) is 3.66. The van der Waals surface area contributed by atoms with E-state index in [0.29, 0.717) is 35.5 Å². The second-order valence-corrected chi connectivity index (χ2v) is 20.6. The molecule has 1 aromatic heterocycles. The fourth-order valence-electron chi connectivity index (χ4n) is 13.6. The van der Waals surface area contributed by atoms with Crippen molar-refractivity contribution in [3.05, 3.63) is 46.8 Å². The quantitative estimate of drug-likeness (QED) is 0.251. The van der Waals surface area contributed by atoms with E-state index in [-0.39, 0.29) is 58.2 Å². The molecule has 56 heavy (non-hydrogen) atoms. The molecule has 9 atom stereocenters. The molecule has 10 nitrogen and oxygen atoms in total. The average molecular weight is 767 g/mol. The number of Topliss-reactive ketones (excluding diaryl/α,β-unsaturated/α-hetero) is 1. The molecule has 0 saturated heterocycles. The molecule has 0 unspecified atom stereocenters. The van der Waals surface area contributed by atoms with Gasteiger partial charge < -0.3 is 19.5 Å². The number of aromatic nitrogens is 3. The molecule has 10 heteroatoms. The van der Waals surface area contributed by atoms with Gasteiger partial charge in [-0.25, -0.2) is 0 Å². The number of benzene rings is 1. The molecule has 7 rings (SSSR count). The summed E-state index contributed by atoms with van der Waals surface area (Å²) >= 11 is 0. The van der Waals surface area contributed by atoms with Crippen LogP contribution in [0.15, 0.2) is 35.4 Å². The number of fused-ring (bicyclic) bond motifs is 7. The van der Waals surface area contributed by atoms with Gasteiger partial charge in [-0.1, -0.05) is 48.5 Å². The molecule has 4 fully saturated rings. The molecule has 2 N–H and O–H groups in total. The Hall–Kier alpha value is -3.84. The molecule has 1 aromatic carbocycles. The van der Waals surface area contributed by atoms with E-state index in [9.17, 15) is 29.9 Å². The van der Waals surface area contributed by atoms with Crippen molar-refractivity contribution in [3.63, 3.8) is 0 Å². The lowest BCUT2D eigenvalue weighted by molar-refractivity contribution is -0.235. The Morgan fingerprint density at radius 2 is 1.64 bits per heavy atom. The molecule has 0 bridgehead atoms. The number of esters is 1. The Morgan fingerprint density at radius 1 is 0.964 bits per heavy atom. The van der Waals surface area contributed by atoms with Crippen LogP contribution in [0.3, 0.4) is 0 Å². The van der Waals surface area contributed by atoms with Crippen molar-refractivity contribution < 1.29 is 29.3 Å².